The molecule has 0 saturated heterocycles. The normalized spacial score (nSPS) is 10.7. The van der Waals surface area contributed by atoms with Gasteiger partial charge in [0.15, 0.2) is 5.76 Å². The van der Waals surface area contributed by atoms with Gasteiger partial charge >= 0.3 is 0 Å². The maximum absolute atomic E-state index is 13.3. The Morgan fingerprint density at radius 3 is 2.92 bits per heavy atom. The van der Waals surface area contributed by atoms with Crippen LogP contribution in [0, 0.1) is 5.82 Å². The van der Waals surface area contributed by atoms with E-state index >= 15 is 0 Å². The van der Waals surface area contributed by atoms with E-state index in [1.54, 1.807) is 24.4 Å². The number of aromatic nitrogens is 3. The first-order chi connectivity index (χ1) is 12.7. The van der Waals surface area contributed by atoms with E-state index in [4.69, 9.17) is 9.63 Å². The number of anilines is 3. The average molecular weight is 357 g/mol. The second-order valence-corrected chi connectivity index (χ2v) is 5.67. The third-order valence-electron chi connectivity index (χ3n) is 3.60. The largest absolute Gasteiger partial charge is 0.396 e. The molecule has 0 saturated carbocycles. The number of aliphatic hydroxyl groups is 1. The van der Waals surface area contributed by atoms with Crippen LogP contribution in [-0.4, -0.2) is 33.4 Å². The summed E-state index contributed by atoms with van der Waals surface area (Å²) in [4.78, 5) is 8.76. The molecule has 26 heavy (non-hydrogen) atoms. The predicted molar refractivity (Wildman–Crippen MR) is 96.8 cm³/mol. The highest BCUT2D eigenvalue weighted by Crippen LogP contribution is 2.28. The van der Waals surface area contributed by atoms with Crippen molar-refractivity contribution in [2.45, 2.75) is 19.8 Å². The van der Waals surface area contributed by atoms with Crippen molar-refractivity contribution in [3.05, 3.63) is 48.0 Å². The molecule has 0 aliphatic rings. The molecule has 2 heterocycles. The summed E-state index contributed by atoms with van der Waals surface area (Å²) < 4.78 is 18.7. The first kappa shape index (κ1) is 17.8. The van der Waals surface area contributed by atoms with Gasteiger partial charge in [0.1, 0.15) is 11.6 Å². The highest BCUT2D eigenvalue weighted by Gasteiger charge is 2.14. The summed E-state index contributed by atoms with van der Waals surface area (Å²) in [5, 5.41) is 19.2. The van der Waals surface area contributed by atoms with Gasteiger partial charge in [0.05, 0.1) is 11.3 Å². The van der Waals surface area contributed by atoms with Crippen LogP contribution in [0.3, 0.4) is 0 Å². The van der Waals surface area contributed by atoms with E-state index in [1.165, 1.54) is 12.1 Å². The number of rotatable bonds is 8. The fraction of sp³-hybridized carbons (Fsp3) is 0.278. The maximum Gasteiger partial charge on any atom is 0.229 e. The Hall–Kier alpha value is -3.00. The molecular formula is C18H20FN5O2. The molecule has 8 heteroatoms. The van der Waals surface area contributed by atoms with Gasteiger partial charge in [0, 0.05) is 37.5 Å². The lowest BCUT2D eigenvalue weighted by molar-refractivity contribution is 0.294. The molecule has 1 aromatic carbocycles. The molecule has 7 nitrogen and oxygen atoms in total. The Balaban J connectivity index is 1.89. The van der Waals surface area contributed by atoms with Crippen LogP contribution in [0.25, 0.3) is 11.3 Å². The summed E-state index contributed by atoms with van der Waals surface area (Å²) in [6, 6.07) is 7.84. The van der Waals surface area contributed by atoms with Crippen LogP contribution in [0.15, 0.2) is 41.1 Å². The van der Waals surface area contributed by atoms with E-state index < -0.39 is 0 Å². The molecule has 0 spiro atoms. The van der Waals surface area contributed by atoms with Crippen LogP contribution in [0.4, 0.5) is 21.8 Å². The molecule has 2 aromatic heterocycles. The third kappa shape index (κ3) is 4.34. The quantitative estimate of drug-likeness (QED) is 0.569. The van der Waals surface area contributed by atoms with Crippen LogP contribution < -0.4 is 10.6 Å². The van der Waals surface area contributed by atoms with E-state index in [0.717, 1.165) is 13.0 Å². The topological polar surface area (TPSA) is 96.1 Å². The molecule has 0 atom stereocenters. The first-order valence-electron chi connectivity index (χ1n) is 8.40. The van der Waals surface area contributed by atoms with Gasteiger partial charge in [-0.25, -0.2) is 9.37 Å². The first-order valence-corrected chi connectivity index (χ1v) is 8.40. The summed E-state index contributed by atoms with van der Waals surface area (Å²) in [5.41, 5.74) is 1.88. The van der Waals surface area contributed by atoms with Gasteiger partial charge in [-0.3, -0.25) is 0 Å². The molecule has 3 N–H and O–H groups in total. The Morgan fingerprint density at radius 1 is 1.27 bits per heavy atom. The zero-order chi connectivity index (χ0) is 18.4. The number of aliphatic hydroxyl groups excluding tert-OH is 1. The molecule has 0 aliphatic carbocycles. The summed E-state index contributed by atoms with van der Waals surface area (Å²) in [6.45, 7) is 2.77. The van der Waals surface area contributed by atoms with Crippen molar-refractivity contribution in [3.63, 3.8) is 0 Å². The molecule has 3 rings (SSSR count). The van der Waals surface area contributed by atoms with E-state index in [2.05, 4.69) is 25.8 Å². The minimum Gasteiger partial charge on any atom is -0.396 e. The predicted octanol–water partition coefficient (Wildman–Crippen LogP) is 3.37. The zero-order valence-electron chi connectivity index (χ0n) is 14.4. The zero-order valence-corrected chi connectivity index (χ0v) is 14.4. The molecule has 0 fully saturated rings. The van der Waals surface area contributed by atoms with Gasteiger partial charge in [0.25, 0.3) is 0 Å². The summed E-state index contributed by atoms with van der Waals surface area (Å²) in [7, 11) is 0. The van der Waals surface area contributed by atoms with E-state index in [-0.39, 0.29) is 12.4 Å². The lowest BCUT2D eigenvalue weighted by Gasteiger charge is -2.11. The van der Waals surface area contributed by atoms with Gasteiger partial charge in [-0.1, -0.05) is 18.1 Å². The van der Waals surface area contributed by atoms with Crippen molar-refractivity contribution in [2.75, 3.05) is 23.8 Å². The minimum absolute atomic E-state index is 0.0000910. The van der Waals surface area contributed by atoms with Gasteiger partial charge in [-0.15, -0.1) is 0 Å². The van der Waals surface area contributed by atoms with Crippen LogP contribution >= 0.6 is 0 Å². The maximum atomic E-state index is 13.3. The SMILES string of the molecule is CCCNc1nc(Nc2cccc(F)c2)ncc1-c1cc(CCO)no1. The lowest BCUT2D eigenvalue weighted by Crippen LogP contribution is -2.06. The number of hydrogen-bond donors (Lipinski definition) is 3. The van der Waals surface area contributed by atoms with Crippen LogP contribution in [0.1, 0.15) is 19.0 Å². The number of benzene rings is 1. The Bertz CT molecular complexity index is 868. The van der Waals surface area contributed by atoms with Gasteiger partial charge in [0.2, 0.25) is 5.95 Å². The second kappa shape index (κ2) is 8.39. The third-order valence-corrected chi connectivity index (χ3v) is 3.60. The number of hydrogen-bond acceptors (Lipinski definition) is 7. The Morgan fingerprint density at radius 2 is 2.15 bits per heavy atom. The van der Waals surface area contributed by atoms with Crippen molar-refractivity contribution in [2.24, 2.45) is 0 Å². The van der Waals surface area contributed by atoms with Crippen molar-refractivity contribution >= 4 is 17.5 Å². The lowest BCUT2D eigenvalue weighted by atomic mass is 10.2. The Kier molecular flexibility index (Phi) is 5.75. The van der Waals surface area contributed by atoms with E-state index in [9.17, 15) is 4.39 Å². The highest BCUT2D eigenvalue weighted by molar-refractivity contribution is 5.72. The summed E-state index contributed by atoms with van der Waals surface area (Å²) in [5.74, 6) is 1.11. The number of nitrogens with zero attached hydrogens (tertiary/aromatic N) is 3. The van der Waals surface area contributed by atoms with Gasteiger partial charge in [-0.05, 0) is 24.6 Å². The molecule has 136 valence electrons. The fourth-order valence-electron chi connectivity index (χ4n) is 2.37. The van der Waals surface area contributed by atoms with E-state index in [0.29, 0.717) is 40.9 Å². The van der Waals surface area contributed by atoms with Crippen molar-refractivity contribution in [1.82, 2.24) is 15.1 Å². The molecule has 0 aliphatic heterocycles. The molecule has 0 bridgehead atoms. The van der Waals surface area contributed by atoms with E-state index in [1.807, 2.05) is 6.92 Å². The number of halogens is 1. The van der Waals surface area contributed by atoms with Crippen molar-refractivity contribution in [3.8, 4) is 11.3 Å². The van der Waals surface area contributed by atoms with Gasteiger partial charge in [-0.2, -0.15) is 4.98 Å². The monoisotopic (exact) mass is 357 g/mol. The molecule has 3 aromatic rings. The average Bonchev–Trinajstić information content (AvgIpc) is 3.09. The molecule has 0 radical (unpaired) electrons. The Labute approximate surface area is 150 Å². The fourth-order valence-corrected chi connectivity index (χ4v) is 2.37. The van der Waals surface area contributed by atoms with Crippen LogP contribution in [0.2, 0.25) is 0 Å². The van der Waals surface area contributed by atoms with Crippen molar-refractivity contribution < 1.29 is 14.0 Å². The molecule has 0 unspecified atom stereocenters. The summed E-state index contributed by atoms with van der Waals surface area (Å²) in [6.07, 6.45) is 2.96. The second-order valence-electron chi connectivity index (χ2n) is 5.67. The van der Waals surface area contributed by atoms with Crippen LogP contribution in [-0.2, 0) is 6.42 Å². The van der Waals surface area contributed by atoms with Crippen LogP contribution in [0.5, 0.6) is 0 Å². The summed E-state index contributed by atoms with van der Waals surface area (Å²) >= 11 is 0. The van der Waals surface area contributed by atoms with Gasteiger partial charge < -0.3 is 20.3 Å². The standard InChI is InChI=1S/C18H20FN5O2/c1-2-7-20-17-15(16-10-14(6-8-25)24-26-16)11-21-18(23-17)22-13-5-3-4-12(19)9-13/h3-5,9-11,25H,2,6-8H2,1H3,(H2,20,21,22,23). The minimum atomic E-state index is -0.339. The number of nitrogens with one attached hydrogen (secondary N) is 2. The smallest absolute Gasteiger partial charge is 0.229 e. The molecule has 0 amide bonds. The molecular weight excluding hydrogens is 337 g/mol. The van der Waals surface area contributed by atoms with Crippen molar-refractivity contribution in [1.29, 1.82) is 0 Å². The highest BCUT2D eigenvalue weighted by atomic mass is 19.1.